The highest BCUT2D eigenvalue weighted by molar-refractivity contribution is 6.08. The molecule has 0 amide bonds. The maximum absolute atomic E-state index is 5.56. The van der Waals surface area contributed by atoms with Crippen molar-refractivity contribution in [2.24, 2.45) is 0 Å². The van der Waals surface area contributed by atoms with E-state index in [0.717, 1.165) is 22.5 Å². The lowest BCUT2D eigenvalue weighted by Crippen LogP contribution is -1.90. The van der Waals surface area contributed by atoms with E-state index in [2.05, 4.69) is 29.2 Å². The molecular weight excluding hydrogens is 238 g/mol. The lowest BCUT2D eigenvalue weighted by molar-refractivity contribution is 0.340. The van der Waals surface area contributed by atoms with Gasteiger partial charge in [0, 0.05) is 21.8 Å². The van der Waals surface area contributed by atoms with Gasteiger partial charge in [-0.3, -0.25) is 0 Å². The van der Waals surface area contributed by atoms with Crippen molar-refractivity contribution in [3.8, 4) is 11.5 Å². The zero-order valence-electron chi connectivity index (χ0n) is 11.2. The number of H-pyrrole nitrogens is 1. The fourth-order valence-electron chi connectivity index (χ4n) is 2.37. The van der Waals surface area contributed by atoms with Crippen LogP contribution in [0.2, 0.25) is 0 Å². The summed E-state index contributed by atoms with van der Waals surface area (Å²) < 4.78 is 11.1. The molecule has 1 aromatic heterocycles. The maximum atomic E-state index is 5.56. The van der Waals surface area contributed by atoms with Crippen LogP contribution in [0.25, 0.3) is 21.8 Å². The largest absolute Gasteiger partial charge is 0.494 e. The molecule has 0 aliphatic rings. The van der Waals surface area contributed by atoms with Crippen molar-refractivity contribution >= 4 is 21.8 Å². The Morgan fingerprint density at radius 1 is 0.789 bits per heavy atom. The molecule has 0 bridgehead atoms. The van der Waals surface area contributed by atoms with Gasteiger partial charge in [-0.1, -0.05) is 0 Å². The van der Waals surface area contributed by atoms with Gasteiger partial charge in [0.05, 0.1) is 13.2 Å². The first-order valence-corrected chi connectivity index (χ1v) is 6.63. The summed E-state index contributed by atoms with van der Waals surface area (Å²) in [5.74, 6) is 1.80. The Hall–Kier alpha value is -2.16. The number of hydrogen-bond donors (Lipinski definition) is 1. The first kappa shape index (κ1) is 11.9. The van der Waals surface area contributed by atoms with Crippen LogP contribution in [0.3, 0.4) is 0 Å². The zero-order chi connectivity index (χ0) is 13.2. The first-order valence-electron chi connectivity index (χ1n) is 6.63. The van der Waals surface area contributed by atoms with E-state index in [9.17, 15) is 0 Å². The molecule has 0 fully saturated rings. The van der Waals surface area contributed by atoms with Gasteiger partial charge in [0.1, 0.15) is 11.5 Å². The van der Waals surface area contributed by atoms with Crippen molar-refractivity contribution in [3.63, 3.8) is 0 Å². The van der Waals surface area contributed by atoms with E-state index in [4.69, 9.17) is 9.47 Å². The van der Waals surface area contributed by atoms with Gasteiger partial charge in [0.15, 0.2) is 0 Å². The summed E-state index contributed by atoms with van der Waals surface area (Å²) in [6, 6.07) is 12.2. The molecule has 0 spiro atoms. The van der Waals surface area contributed by atoms with Gasteiger partial charge in [-0.2, -0.15) is 0 Å². The molecule has 0 atom stereocenters. The monoisotopic (exact) mass is 255 g/mol. The lowest BCUT2D eigenvalue weighted by Gasteiger charge is -2.03. The van der Waals surface area contributed by atoms with Crippen LogP contribution in [0.4, 0.5) is 0 Å². The third-order valence-corrected chi connectivity index (χ3v) is 3.16. The maximum Gasteiger partial charge on any atom is 0.120 e. The lowest BCUT2D eigenvalue weighted by atomic mass is 10.1. The molecular formula is C16H17NO2. The van der Waals surface area contributed by atoms with Crippen molar-refractivity contribution in [2.45, 2.75) is 13.8 Å². The number of fused-ring (bicyclic) bond motifs is 3. The van der Waals surface area contributed by atoms with Crippen LogP contribution < -0.4 is 9.47 Å². The SMILES string of the molecule is CCOc1ccc2[nH]c3ccc(OCC)cc3c2c1. The van der Waals surface area contributed by atoms with Crippen molar-refractivity contribution in [2.75, 3.05) is 13.2 Å². The normalized spacial score (nSPS) is 11.1. The van der Waals surface area contributed by atoms with Gasteiger partial charge in [-0.15, -0.1) is 0 Å². The Balaban J connectivity index is 2.19. The van der Waals surface area contributed by atoms with Crippen LogP contribution >= 0.6 is 0 Å². The Morgan fingerprint density at radius 2 is 1.26 bits per heavy atom. The minimum absolute atomic E-state index is 0.679. The summed E-state index contributed by atoms with van der Waals surface area (Å²) in [7, 11) is 0. The molecule has 98 valence electrons. The van der Waals surface area contributed by atoms with E-state index in [1.54, 1.807) is 0 Å². The predicted molar refractivity (Wildman–Crippen MR) is 78.1 cm³/mol. The molecule has 1 N–H and O–H groups in total. The second kappa shape index (κ2) is 4.84. The number of aromatic amines is 1. The summed E-state index contributed by atoms with van der Waals surface area (Å²) in [5, 5.41) is 2.34. The quantitative estimate of drug-likeness (QED) is 0.761. The molecule has 0 aliphatic heterocycles. The van der Waals surface area contributed by atoms with Gasteiger partial charge in [-0.05, 0) is 50.2 Å². The number of nitrogens with one attached hydrogen (secondary N) is 1. The van der Waals surface area contributed by atoms with Gasteiger partial charge in [0.25, 0.3) is 0 Å². The highest BCUT2D eigenvalue weighted by Crippen LogP contribution is 2.31. The molecule has 0 aliphatic carbocycles. The summed E-state index contributed by atoms with van der Waals surface area (Å²) in [5.41, 5.74) is 2.24. The molecule has 3 heteroatoms. The second-order valence-electron chi connectivity index (χ2n) is 4.41. The highest BCUT2D eigenvalue weighted by atomic mass is 16.5. The Morgan fingerprint density at radius 3 is 1.68 bits per heavy atom. The van der Waals surface area contributed by atoms with Crippen molar-refractivity contribution in [1.29, 1.82) is 0 Å². The standard InChI is InChI=1S/C16H17NO2/c1-3-18-11-5-7-15-13(9-11)14-10-12(19-4-2)6-8-16(14)17-15/h5-10,17H,3-4H2,1-2H3. The van der Waals surface area contributed by atoms with Crippen LogP contribution in [-0.4, -0.2) is 18.2 Å². The van der Waals surface area contributed by atoms with E-state index in [1.165, 1.54) is 10.8 Å². The van der Waals surface area contributed by atoms with E-state index >= 15 is 0 Å². The van der Waals surface area contributed by atoms with Crippen LogP contribution in [0, 0.1) is 0 Å². The van der Waals surface area contributed by atoms with Crippen LogP contribution in [-0.2, 0) is 0 Å². The topological polar surface area (TPSA) is 34.2 Å². The fourth-order valence-corrected chi connectivity index (χ4v) is 2.37. The number of rotatable bonds is 4. The van der Waals surface area contributed by atoms with Crippen LogP contribution in [0.5, 0.6) is 11.5 Å². The molecule has 0 saturated heterocycles. The Labute approximate surface area is 112 Å². The predicted octanol–water partition coefficient (Wildman–Crippen LogP) is 4.12. The number of hydrogen-bond acceptors (Lipinski definition) is 2. The molecule has 0 radical (unpaired) electrons. The molecule has 2 aromatic carbocycles. The second-order valence-corrected chi connectivity index (χ2v) is 4.41. The molecule has 1 heterocycles. The molecule has 3 aromatic rings. The van der Waals surface area contributed by atoms with Gasteiger partial charge >= 0.3 is 0 Å². The van der Waals surface area contributed by atoms with Crippen molar-refractivity contribution in [3.05, 3.63) is 36.4 Å². The summed E-state index contributed by atoms with van der Waals surface area (Å²) in [4.78, 5) is 3.41. The van der Waals surface area contributed by atoms with Crippen LogP contribution in [0.1, 0.15) is 13.8 Å². The average Bonchev–Trinajstić information content (AvgIpc) is 2.77. The van der Waals surface area contributed by atoms with Gasteiger partial charge < -0.3 is 14.5 Å². The first-order chi connectivity index (χ1) is 9.31. The molecule has 3 rings (SSSR count). The minimum Gasteiger partial charge on any atom is -0.494 e. The molecule has 19 heavy (non-hydrogen) atoms. The van der Waals surface area contributed by atoms with E-state index < -0.39 is 0 Å². The van der Waals surface area contributed by atoms with E-state index in [1.807, 2.05) is 26.0 Å². The number of aromatic nitrogens is 1. The molecule has 3 nitrogen and oxygen atoms in total. The Kier molecular flexibility index (Phi) is 3.03. The van der Waals surface area contributed by atoms with Crippen molar-refractivity contribution in [1.82, 2.24) is 4.98 Å². The van der Waals surface area contributed by atoms with Gasteiger partial charge in [-0.25, -0.2) is 0 Å². The summed E-state index contributed by atoms with van der Waals surface area (Å²) in [6.45, 7) is 5.34. The van der Waals surface area contributed by atoms with Crippen molar-refractivity contribution < 1.29 is 9.47 Å². The van der Waals surface area contributed by atoms with Gasteiger partial charge in [0.2, 0.25) is 0 Å². The molecule has 0 saturated carbocycles. The molecule has 0 unspecified atom stereocenters. The van der Waals surface area contributed by atoms with E-state index in [0.29, 0.717) is 13.2 Å². The number of benzene rings is 2. The number of ether oxygens (including phenoxy) is 2. The fraction of sp³-hybridized carbons (Fsp3) is 0.250. The Bertz CT molecular complexity index is 655. The highest BCUT2D eigenvalue weighted by Gasteiger charge is 2.06. The smallest absolute Gasteiger partial charge is 0.120 e. The third kappa shape index (κ3) is 2.12. The third-order valence-electron chi connectivity index (χ3n) is 3.16. The average molecular weight is 255 g/mol. The summed E-state index contributed by atoms with van der Waals surface area (Å²) in [6.07, 6.45) is 0. The van der Waals surface area contributed by atoms with Crippen LogP contribution in [0.15, 0.2) is 36.4 Å². The van der Waals surface area contributed by atoms with E-state index in [-0.39, 0.29) is 0 Å². The minimum atomic E-state index is 0.679. The summed E-state index contributed by atoms with van der Waals surface area (Å²) >= 11 is 0. The zero-order valence-corrected chi connectivity index (χ0v) is 11.2.